The van der Waals surface area contributed by atoms with E-state index in [4.69, 9.17) is 4.74 Å². The maximum Gasteiger partial charge on any atom is 0.325 e. The molecule has 0 heterocycles. The normalized spacial score (nSPS) is 10.2. The summed E-state index contributed by atoms with van der Waals surface area (Å²) in [5, 5.41) is 0. The highest BCUT2D eigenvalue weighted by Gasteiger charge is 2.21. The van der Waals surface area contributed by atoms with E-state index in [1.54, 1.807) is 6.07 Å². The minimum atomic E-state index is -0.656. The van der Waals surface area contributed by atoms with Crippen LogP contribution in [-0.4, -0.2) is 50.7 Å². The summed E-state index contributed by atoms with van der Waals surface area (Å²) >= 11 is 3.12. The van der Waals surface area contributed by atoms with Crippen LogP contribution in [-0.2, 0) is 14.3 Å². The Morgan fingerprint density at radius 1 is 1.35 bits per heavy atom. The summed E-state index contributed by atoms with van der Waals surface area (Å²) in [5.41, 5.74) is -0.104. The zero-order chi connectivity index (χ0) is 15.1. The zero-order valence-corrected chi connectivity index (χ0v) is 12.8. The minimum absolute atomic E-state index is 0.104. The average Bonchev–Trinajstić information content (AvgIpc) is 2.42. The van der Waals surface area contributed by atoms with Gasteiger partial charge in [-0.2, -0.15) is 0 Å². The Labute approximate surface area is 124 Å². The number of hydrogen-bond donors (Lipinski definition) is 0. The molecule has 1 aromatic rings. The molecular weight excluding hydrogens is 333 g/mol. The highest BCUT2D eigenvalue weighted by Crippen LogP contribution is 2.17. The molecule has 7 heteroatoms. The molecule has 0 aliphatic rings. The second kappa shape index (κ2) is 7.96. The quantitative estimate of drug-likeness (QED) is 0.737. The minimum Gasteiger partial charge on any atom is -0.468 e. The van der Waals surface area contributed by atoms with Gasteiger partial charge in [0.1, 0.15) is 12.4 Å². The predicted octanol–water partition coefficient (Wildman–Crippen LogP) is 1.85. The van der Waals surface area contributed by atoms with Crippen LogP contribution in [0, 0.1) is 5.82 Å². The number of carbonyl (C=O) groups is 2. The maximum absolute atomic E-state index is 13.8. The average molecular weight is 348 g/mol. The van der Waals surface area contributed by atoms with Gasteiger partial charge >= 0.3 is 5.97 Å². The first-order valence-electron chi connectivity index (χ1n) is 5.79. The summed E-state index contributed by atoms with van der Waals surface area (Å²) in [7, 11) is 2.70. The van der Waals surface area contributed by atoms with Crippen LogP contribution >= 0.6 is 15.9 Å². The SMILES string of the molecule is COCCN(CC(=O)OC)C(=O)c1ccc(Br)cc1F. The van der Waals surface area contributed by atoms with Gasteiger partial charge in [0.05, 0.1) is 19.3 Å². The van der Waals surface area contributed by atoms with Gasteiger partial charge in [-0.15, -0.1) is 0 Å². The van der Waals surface area contributed by atoms with Crippen molar-refractivity contribution in [2.45, 2.75) is 0 Å². The summed E-state index contributed by atoms with van der Waals surface area (Å²) in [6, 6.07) is 4.11. The molecule has 5 nitrogen and oxygen atoms in total. The molecule has 1 rings (SSSR count). The van der Waals surface area contributed by atoms with Crippen molar-refractivity contribution in [3.63, 3.8) is 0 Å². The second-order valence-corrected chi connectivity index (χ2v) is 4.84. The number of esters is 1. The molecule has 20 heavy (non-hydrogen) atoms. The lowest BCUT2D eigenvalue weighted by molar-refractivity contribution is -0.141. The molecule has 0 unspecified atom stereocenters. The number of rotatable bonds is 6. The van der Waals surface area contributed by atoms with Gasteiger partial charge in [-0.1, -0.05) is 15.9 Å². The molecule has 0 aliphatic carbocycles. The van der Waals surface area contributed by atoms with E-state index in [1.807, 2.05) is 0 Å². The van der Waals surface area contributed by atoms with E-state index in [9.17, 15) is 14.0 Å². The Morgan fingerprint density at radius 2 is 2.05 bits per heavy atom. The number of ether oxygens (including phenoxy) is 2. The molecular formula is C13H15BrFNO4. The Morgan fingerprint density at radius 3 is 2.60 bits per heavy atom. The fourth-order valence-corrected chi connectivity index (χ4v) is 1.84. The molecule has 0 saturated carbocycles. The first kappa shape index (κ1) is 16.6. The molecule has 0 atom stereocenters. The number of halogens is 2. The lowest BCUT2D eigenvalue weighted by atomic mass is 10.2. The Kier molecular flexibility index (Phi) is 6.60. The van der Waals surface area contributed by atoms with Gasteiger partial charge in [-0.25, -0.2) is 4.39 Å². The fraction of sp³-hybridized carbons (Fsp3) is 0.385. The van der Waals surface area contributed by atoms with Crippen molar-refractivity contribution in [3.8, 4) is 0 Å². The van der Waals surface area contributed by atoms with Crippen molar-refractivity contribution in [2.75, 3.05) is 33.9 Å². The summed E-state index contributed by atoms with van der Waals surface area (Å²) in [6.45, 7) is 0.148. The molecule has 0 N–H and O–H groups in total. The summed E-state index contributed by atoms with van der Waals surface area (Å²) in [4.78, 5) is 24.7. The van der Waals surface area contributed by atoms with Crippen LogP contribution in [0.15, 0.2) is 22.7 Å². The molecule has 0 saturated heterocycles. The van der Waals surface area contributed by atoms with E-state index in [0.717, 1.165) is 0 Å². The van der Waals surface area contributed by atoms with Crippen LogP contribution in [0.4, 0.5) is 4.39 Å². The molecule has 1 aromatic carbocycles. The first-order valence-corrected chi connectivity index (χ1v) is 6.59. The van der Waals surface area contributed by atoms with Gasteiger partial charge in [-0.05, 0) is 18.2 Å². The summed E-state index contributed by atoms with van der Waals surface area (Å²) in [5.74, 6) is -1.82. The molecule has 110 valence electrons. The van der Waals surface area contributed by atoms with Crippen LogP contribution in [0.3, 0.4) is 0 Å². The number of benzene rings is 1. The number of amides is 1. The topological polar surface area (TPSA) is 55.8 Å². The van der Waals surface area contributed by atoms with Crippen molar-refractivity contribution < 1.29 is 23.5 Å². The molecule has 0 aromatic heterocycles. The Balaban J connectivity index is 2.93. The van der Waals surface area contributed by atoms with E-state index >= 15 is 0 Å². The third-order valence-electron chi connectivity index (χ3n) is 2.56. The van der Waals surface area contributed by atoms with E-state index in [1.165, 1.54) is 31.3 Å². The van der Waals surface area contributed by atoms with E-state index < -0.39 is 17.7 Å². The second-order valence-electron chi connectivity index (χ2n) is 3.92. The molecule has 1 amide bonds. The monoisotopic (exact) mass is 347 g/mol. The smallest absolute Gasteiger partial charge is 0.325 e. The zero-order valence-electron chi connectivity index (χ0n) is 11.2. The van der Waals surface area contributed by atoms with Crippen LogP contribution in [0.2, 0.25) is 0 Å². The van der Waals surface area contributed by atoms with Crippen LogP contribution in [0.25, 0.3) is 0 Å². The maximum atomic E-state index is 13.8. The molecule has 0 fully saturated rings. The number of methoxy groups -OCH3 is 2. The summed E-state index contributed by atoms with van der Waals surface area (Å²) in [6.07, 6.45) is 0. The molecule has 0 spiro atoms. The number of carbonyl (C=O) groups excluding carboxylic acids is 2. The van der Waals surface area contributed by atoms with Crippen molar-refractivity contribution in [3.05, 3.63) is 34.1 Å². The van der Waals surface area contributed by atoms with Crippen molar-refractivity contribution in [1.29, 1.82) is 0 Å². The predicted molar refractivity (Wildman–Crippen MR) is 73.9 cm³/mol. The van der Waals surface area contributed by atoms with E-state index in [0.29, 0.717) is 4.47 Å². The lowest BCUT2D eigenvalue weighted by Crippen LogP contribution is -2.38. The van der Waals surface area contributed by atoms with Gasteiger partial charge in [0.15, 0.2) is 0 Å². The van der Waals surface area contributed by atoms with E-state index in [2.05, 4.69) is 20.7 Å². The van der Waals surface area contributed by atoms with Gasteiger partial charge < -0.3 is 14.4 Å². The lowest BCUT2D eigenvalue weighted by Gasteiger charge is -2.21. The van der Waals surface area contributed by atoms with Gasteiger partial charge in [0.2, 0.25) is 0 Å². The number of hydrogen-bond acceptors (Lipinski definition) is 4. The van der Waals surface area contributed by atoms with Crippen LogP contribution in [0.5, 0.6) is 0 Å². The third kappa shape index (κ3) is 4.57. The highest BCUT2D eigenvalue weighted by molar-refractivity contribution is 9.10. The largest absolute Gasteiger partial charge is 0.468 e. The Bertz CT molecular complexity index is 495. The Hall–Kier alpha value is -1.47. The fourth-order valence-electron chi connectivity index (χ4n) is 1.51. The van der Waals surface area contributed by atoms with Crippen LogP contribution in [0.1, 0.15) is 10.4 Å². The van der Waals surface area contributed by atoms with Crippen molar-refractivity contribution in [1.82, 2.24) is 4.90 Å². The van der Waals surface area contributed by atoms with Crippen molar-refractivity contribution >= 4 is 27.8 Å². The first-order chi connectivity index (χ1) is 9.49. The van der Waals surface area contributed by atoms with Gasteiger partial charge in [0, 0.05) is 18.1 Å². The molecule has 0 radical (unpaired) electrons. The third-order valence-corrected chi connectivity index (χ3v) is 3.05. The summed E-state index contributed by atoms with van der Waals surface area (Å²) < 4.78 is 23.7. The van der Waals surface area contributed by atoms with Crippen LogP contribution < -0.4 is 0 Å². The molecule has 0 bridgehead atoms. The van der Waals surface area contributed by atoms with Gasteiger partial charge in [-0.3, -0.25) is 9.59 Å². The number of nitrogens with zero attached hydrogens (tertiary/aromatic N) is 1. The molecule has 0 aliphatic heterocycles. The van der Waals surface area contributed by atoms with Crippen molar-refractivity contribution in [2.24, 2.45) is 0 Å². The highest BCUT2D eigenvalue weighted by atomic mass is 79.9. The van der Waals surface area contributed by atoms with Gasteiger partial charge in [0.25, 0.3) is 5.91 Å². The van der Waals surface area contributed by atoms with E-state index in [-0.39, 0.29) is 25.3 Å². The standard InChI is InChI=1S/C13H15BrFNO4/c1-19-6-5-16(8-12(17)20-2)13(18)10-4-3-9(14)7-11(10)15/h3-4,7H,5-6,8H2,1-2H3.